The predicted octanol–water partition coefficient (Wildman–Crippen LogP) is 2.83. The van der Waals surface area contributed by atoms with Gasteiger partial charge in [0.25, 0.3) is 0 Å². The van der Waals surface area contributed by atoms with Crippen LogP contribution in [0.3, 0.4) is 0 Å². The van der Waals surface area contributed by atoms with Gasteiger partial charge in [0.15, 0.2) is 5.78 Å². The number of aryl methyl sites for hydroxylation is 1. The number of nitriles is 1. The van der Waals surface area contributed by atoms with Crippen LogP contribution >= 0.6 is 0 Å². The zero-order valence-electron chi connectivity index (χ0n) is 9.60. The average molecular weight is 213 g/mol. The van der Waals surface area contributed by atoms with Crippen molar-refractivity contribution in [2.24, 2.45) is 11.8 Å². The Balaban J connectivity index is 2.27. The highest BCUT2D eigenvalue weighted by molar-refractivity contribution is 5.92. The predicted molar refractivity (Wildman–Crippen MR) is 61.8 cm³/mol. The van der Waals surface area contributed by atoms with Crippen molar-refractivity contribution in [3.05, 3.63) is 35.4 Å². The third-order valence-electron chi connectivity index (χ3n) is 3.39. The van der Waals surface area contributed by atoms with Crippen molar-refractivity contribution in [3.63, 3.8) is 0 Å². The molecule has 1 aromatic rings. The quantitative estimate of drug-likeness (QED) is 0.774. The molecule has 1 aliphatic carbocycles. The van der Waals surface area contributed by atoms with Crippen LogP contribution in [0.15, 0.2) is 24.3 Å². The molecule has 1 aliphatic rings. The second-order valence-electron chi connectivity index (χ2n) is 4.64. The van der Waals surface area contributed by atoms with E-state index in [1.807, 2.05) is 31.2 Å². The second-order valence-corrected chi connectivity index (χ2v) is 4.64. The smallest absolute Gasteiger partial charge is 0.157 e. The summed E-state index contributed by atoms with van der Waals surface area (Å²) in [6, 6.07) is 9.80. The molecular weight excluding hydrogens is 198 g/mol. The fourth-order valence-corrected chi connectivity index (χ4v) is 2.13. The van der Waals surface area contributed by atoms with Crippen LogP contribution in [0, 0.1) is 30.1 Å². The zero-order valence-corrected chi connectivity index (χ0v) is 9.60. The topological polar surface area (TPSA) is 40.9 Å². The van der Waals surface area contributed by atoms with Gasteiger partial charge in [-0.2, -0.15) is 5.26 Å². The molecule has 0 amide bonds. The Morgan fingerprint density at radius 3 is 2.62 bits per heavy atom. The number of carbonyl (C=O) groups excluding carboxylic acids is 1. The molecule has 0 bridgehead atoms. The first-order valence-electron chi connectivity index (χ1n) is 5.64. The monoisotopic (exact) mass is 213 g/mol. The first kappa shape index (κ1) is 10.9. The van der Waals surface area contributed by atoms with E-state index in [-0.39, 0.29) is 11.7 Å². The molecule has 1 aromatic carbocycles. The van der Waals surface area contributed by atoms with Crippen molar-refractivity contribution in [3.8, 4) is 6.07 Å². The lowest BCUT2D eigenvalue weighted by Crippen LogP contribution is -2.14. The number of carbonyl (C=O) groups is 1. The van der Waals surface area contributed by atoms with Crippen molar-refractivity contribution in [1.29, 1.82) is 5.26 Å². The Kier molecular flexibility index (Phi) is 2.78. The van der Waals surface area contributed by atoms with Gasteiger partial charge in [-0.15, -0.1) is 0 Å². The maximum Gasteiger partial charge on any atom is 0.157 e. The van der Waals surface area contributed by atoms with Gasteiger partial charge in [0.2, 0.25) is 0 Å². The van der Waals surface area contributed by atoms with Gasteiger partial charge >= 0.3 is 0 Å². The molecule has 16 heavy (non-hydrogen) atoms. The SMILES string of the molecule is Cc1ccccc1C(C#N)C(=O)C1CC1C. The van der Waals surface area contributed by atoms with Crippen LogP contribution in [0.5, 0.6) is 0 Å². The zero-order chi connectivity index (χ0) is 11.7. The molecule has 82 valence electrons. The minimum Gasteiger partial charge on any atom is -0.298 e. The summed E-state index contributed by atoms with van der Waals surface area (Å²) in [6.07, 6.45) is 0.947. The summed E-state index contributed by atoms with van der Waals surface area (Å²) in [5.41, 5.74) is 1.89. The highest BCUT2D eigenvalue weighted by atomic mass is 16.1. The summed E-state index contributed by atoms with van der Waals surface area (Å²) in [6.45, 7) is 4.01. The molecule has 0 saturated heterocycles. The lowest BCUT2D eigenvalue weighted by molar-refractivity contribution is -0.120. The number of benzene rings is 1. The highest BCUT2D eigenvalue weighted by Crippen LogP contribution is 2.42. The number of hydrogen-bond donors (Lipinski definition) is 0. The van der Waals surface area contributed by atoms with Crippen LogP contribution in [0.1, 0.15) is 30.4 Å². The van der Waals surface area contributed by atoms with Crippen LogP contribution in [-0.4, -0.2) is 5.78 Å². The summed E-state index contributed by atoms with van der Waals surface area (Å²) in [5.74, 6) is 0.108. The van der Waals surface area contributed by atoms with Gasteiger partial charge < -0.3 is 0 Å². The van der Waals surface area contributed by atoms with Crippen molar-refractivity contribution >= 4 is 5.78 Å². The Morgan fingerprint density at radius 2 is 2.12 bits per heavy atom. The summed E-state index contributed by atoms with van der Waals surface area (Å²) in [5, 5.41) is 9.17. The van der Waals surface area contributed by atoms with Gasteiger partial charge in [-0.05, 0) is 30.4 Å². The minimum atomic E-state index is -0.573. The van der Waals surface area contributed by atoms with Gasteiger partial charge in [0.05, 0.1) is 6.07 Å². The van der Waals surface area contributed by atoms with Crippen molar-refractivity contribution in [2.45, 2.75) is 26.2 Å². The van der Waals surface area contributed by atoms with E-state index in [4.69, 9.17) is 5.26 Å². The molecule has 2 heteroatoms. The second kappa shape index (κ2) is 4.09. The van der Waals surface area contributed by atoms with Gasteiger partial charge in [0.1, 0.15) is 5.92 Å². The van der Waals surface area contributed by atoms with Crippen LogP contribution in [0.2, 0.25) is 0 Å². The normalized spacial score (nSPS) is 24.6. The molecule has 0 spiro atoms. The molecule has 0 aromatic heterocycles. The van der Waals surface area contributed by atoms with E-state index in [2.05, 4.69) is 13.0 Å². The van der Waals surface area contributed by atoms with E-state index < -0.39 is 5.92 Å². The fourth-order valence-electron chi connectivity index (χ4n) is 2.13. The van der Waals surface area contributed by atoms with Gasteiger partial charge in [-0.3, -0.25) is 4.79 Å². The van der Waals surface area contributed by atoms with Crippen molar-refractivity contribution in [2.75, 3.05) is 0 Å². The molecule has 3 atom stereocenters. The van der Waals surface area contributed by atoms with E-state index in [0.29, 0.717) is 5.92 Å². The molecular formula is C14H15NO. The lowest BCUT2D eigenvalue weighted by Gasteiger charge is -2.10. The fraction of sp³-hybridized carbons (Fsp3) is 0.429. The first-order valence-corrected chi connectivity index (χ1v) is 5.64. The first-order chi connectivity index (χ1) is 7.65. The molecule has 0 aliphatic heterocycles. The largest absolute Gasteiger partial charge is 0.298 e. The lowest BCUT2D eigenvalue weighted by atomic mass is 9.90. The number of nitrogens with zero attached hydrogens (tertiary/aromatic N) is 1. The molecule has 3 unspecified atom stereocenters. The molecule has 0 heterocycles. The number of Topliss-reactive ketones (excluding diaryl/α,β-unsaturated/α-hetero) is 1. The van der Waals surface area contributed by atoms with Crippen LogP contribution in [0.25, 0.3) is 0 Å². The summed E-state index contributed by atoms with van der Waals surface area (Å²) in [7, 11) is 0. The summed E-state index contributed by atoms with van der Waals surface area (Å²) < 4.78 is 0. The van der Waals surface area contributed by atoms with E-state index in [1.165, 1.54) is 0 Å². The third kappa shape index (κ3) is 1.86. The van der Waals surface area contributed by atoms with Crippen LogP contribution < -0.4 is 0 Å². The standard InChI is InChI=1S/C14H15NO/c1-9-5-3-4-6-11(9)13(8-15)14(16)12-7-10(12)2/h3-6,10,12-13H,7H2,1-2H3. The number of ketones is 1. The molecule has 2 rings (SSSR count). The van der Waals surface area contributed by atoms with E-state index >= 15 is 0 Å². The van der Waals surface area contributed by atoms with Crippen molar-refractivity contribution < 1.29 is 4.79 Å². The maximum absolute atomic E-state index is 12.1. The van der Waals surface area contributed by atoms with Crippen molar-refractivity contribution in [1.82, 2.24) is 0 Å². The van der Waals surface area contributed by atoms with Gasteiger partial charge in [0, 0.05) is 5.92 Å². The Bertz CT molecular complexity index is 458. The van der Waals surface area contributed by atoms with Crippen LogP contribution in [0.4, 0.5) is 0 Å². The Labute approximate surface area is 95.9 Å². The maximum atomic E-state index is 12.1. The molecule has 0 radical (unpaired) electrons. The summed E-state index contributed by atoms with van der Waals surface area (Å²) in [4.78, 5) is 12.1. The Hall–Kier alpha value is -1.62. The van der Waals surface area contributed by atoms with Gasteiger partial charge in [-0.25, -0.2) is 0 Å². The minimum absolute atomic E-state index is 0.101. The molecule has 0 N–H and O–H groups in total. The molecule has 1 saturated carbocycles. The summed E-state index contributed by atoms with van der Waals surface area (Å²) >= 11 is 0. The third-order valence-corrected chi connectivity index (χ3v) is 3.39. The molecule has 2 nitrogen and oxygen atoms in total. The number of hydrogen-bond acceptors (Lipinski definition) is 2. The average Bonchev–Trinajstić information content (AvgIpc) is 2.99. The van der Waals surface area contributed by atoms with E-state index in [9.17, 15) is 4.79 Å². The van der Waals surface area contributed by atoms with E-state index in [1.54, 1.807) is 0 Å². The van der Waals surface area contributed by atoms with E-state index in [0.717, 1.165) is 17.5 Å². The number of rotatable bonds is 3. The highest BCUT2D eigenvalue weighted by Gasteiger charge is 2.42. The van der Waals surface area contributed by atoms with Crippen LogP contribution in [-0.2, 0) is 4.79 Å². The molecule has 1 fully saturated rings. The Morgan fingerprint density at radius 1 is 1.50 bits per heavy atom. The van der Waals surface area contributed by atoms with Gasteiger partial charge in [-0.1, -0.05) is 31.2 Å².